The van der Waals surface area contributed by atoms with Crippen molar-refractivity contribution in [3.8, 4) is 0 Å². The van der Waals surface area contributed by atoms with E-state index in [0.717, 1.165) is 24.5 Å². The van der Waals surface area contributed by atoms with E-state index in [1.165, 1.54) is 12.8 Å². The van der Waals surface area contributed by atoms with Crippen LogP contribution in [0.15, 0.2) is 6.20 Å². The zero-order valence-corrected chi connectivity index (χ0v) is 14.0. The van der Waals surface area contributed by atoms with Crippen LogP contribution in [0.5, 0.6) is 0 Å². The summed E-state index contributed by atoms with van der Waals surface area (Å²) in [4.78, 5) is 33.2. The number of Topliss-reactive ketones (excluding diaryl/α,β-unsaturated/α-hetero) is 1. The fourth-order valence-corrected chi connectivity index (χ4v) is 4.06. The normalized spacial score (nSPS) is 31.4. The number of rotatable bonds is 3. The van der Waals surface area contributed by atoms with Crippen molar-refractivity contribution < 1.29 is 9.59 Å². The number of amides is 1. The lowest BCUT2D eigenvalue weighted by Crippen LogP contribution is -2.29. The fourth-order valence-electron chi connectivity index (χ4n) is 4.06. The molecule has 3 aliphatic rings. The smallest absolute Gasteiger partial charge is 0.230 e. The quantitative estimate of drug-likeness (QED) is 0.931. The summed E-state index contributed by atoms with van der Waals surface area (Å²) >= 11 is 0. The predicted octanol–water partition coefficient (Wildman–Crippen LogP) is 3.01. The molecular formula is C18H23N3O2. The van der Waals surface area contributed by atoms with Gasteiger partial charge in [-0.05, 0) is 42.4 Å². The number of anilines is 1. The standard InChI is InChI=1S/C18H23N3O2/c1-17(2)7-13-11(14(22)8-17)9-19-16(20-13)21-15(23)12-6-18(12,3)10-4-5-10/h9-10,12H,4-8H2,1-3H3,(H,19,20,21,23)/t12-,18+/m0/s1. The number of nitrogens with one attached hydrogen (secondary N) is 1. The van der Waals surface area contributed by atoms with Crippen LogP contribution in [-0.4, -0.2) is 21.7 Å². The Bertz CT molecular complexity index is 708. The van der Waals surface area contributed by atoms with Crippen LogP contribution in [-0.2, 0) is 11.2 Å². The molecule has 1 aromatic heterocycles. The van der Waals surface area contributed by atoms with Crippen molar-refractivity contribution in [1.82, 2.24) is 9.97 Å². The Morgan fingerprint density at radius 1 is 1.26 bits per heavy atom. The Morgan fingerprint density at radius 2 is 2.00 bits per heavy atom. The van der Waals surface area contributed by atoms with Crippen molar-refractivity contribution in [3.63, 3.8) is 0 Å². The van der Waals surface area contributed by atoms with Crippen LogP contribution in [0.25, 0.3) is 0 Å². The molecule has 2 fully saturated rings. The van der Waals surface area contributed by atoms with E-state index in [2.05, 4.69) is 36.1 Å². The van der Waals surface area contributed by atoms with Gasteiger partial charge in [-0.25, -0.2) is 9.97 Å². The highest BCUT2D eigenvalue weighted by atomic mass is 16.2. The zero-order chi connectivity index (χ0) is 16.4. The van der Waals surface area contributed by atoms with E-state index in [-0.39, 0.29) is 28.4 Å². The average molecular weight is 313 g/mol. The molecule has 0 aliphatic heterocycles. The first-order chi connectivity index (χ1) is 10.8. The largest absolute Gasteiger partial charge is 0.294 e. The highest BCUT2D eigenvalue weighted by molar-refractivity contribution is 5.99. The number of hydrogen-bond acceptors (Lipinski definition) is 4. The van der Waals surface area contributed by atoms with E-state index in [1.807, 2.05) is 0 Å². The molecule has 0 bridgehead atoms. The first kappa shape index (κ1) is 14.8. The Hall–Kier alpha value is -1.78. The molecule has 1 amide bonds. The molecule has 0 aromatic carbocycles. The van der Waals surface area contributed by atoms with Gasteiger partial charge in [-0.15, -0.1) is 0 Å². The van der Waals surface area contributed by atoms with Gasteiger partial charge < -0.3 is 0 Å². The van der Waals surface area contributed by atoms with Crippen LogP contribution >= 0.6 is 0 Å². The number of carbonyl (C=O) groups is 2. The Kier molecular flexibility index (Phi) is 2.97. The van der Waals surface area contributed by atoms with Crippen molar-refractivity contribution in [2.75, 3.05) is 5.32 Å². The molecule has 1 N–H and O–H groups in total. The van der Waals surface area contributed by atoms with Crippen LogP contribution in [0.1, 0.15) is 62.5 Å². The van der Waals surface area contributed by atoms with Crippen molar-refractivity contribution in [1.29, 1.82) is 0 Å². The lowest BCUT2D eigenvalue weighted by Gasteiger charge is -2.29. The number of carbonyl (C=O) groups excluding carboxylic acids is 2. The maximum Gasteiger partial charge on any atom is 0.230 e. The molecule has 0 spiro atoms. The molecule has 3 aliphatic carbocycles. The molecule has 23 heavy (non-hydrogen) atoms. The molecule has 0 unspecified atom stereocenters. The highest BCUT2D eigenvalue weighted by Gasteiger charge is 2.61. The minimum Gasteiger partial charge on any atom is -0.294 e. The molecule has 1 heterocycles. The summed E-state index contributed by atoms with van der Waals surface area (Å²) in [6, 6.07) is 0. The number of fused-ring (bicyclic) bond motifs is 1. The third-order valence-corrected chi connectivity index (χ3v) is 5.79. The Morgan fingerprint density at radius 3 is 2.70 bits per heavy atom. The third-order valence-electron chi connectivity index (χ3n) is 5.79. The minimum atomic E-state index is -0.0826. The van der Waals surface area contributed by atoms with E-state index in [0.29, 0.717) is 17.9 Å². The topological polar surface area (TPSA) is 72.0 Å². The predicted molar refractivity (Wildman–Crippen MR) is 86.0 cm³/mol. The molecule has 1 aromatic rings. The maximum absolute atomic E-state index is 12.4. The molecule has 5 heteroatoms. The van der Waals surface area contributed by atoms with Crippen molar-refractivity contribution in [3.05, 3.63) is 17.5 Å². The summed E-state index contributed by atoms with van der Waals surface area (Å²) in [7, 11) is 0. The second-order valence-corrected chi connectivity index (χ2v) is 8.52. The number of nitrogens with zero attached hydrogens (tertiary/aromatic N) is 2. The third kappa shape index (κ3) is 2.56. The first-order valence-electron chi connectivity index (χ1n) is 8.48. The van der Waals surface area contributed by atoms with Gasteiger partial charge in [-0.2, -0.15) is 0 Å². The van der Waals surface area contributed by atoms with E-state index in [4.69, 9.17) is 0 Å². The minimum absolute atomic E-state index is 0.0285. The van der Waals surface area contributed by atoms with E-state index < -0.39 is 0 Å². The van der Waals surface area contributed by atoms with E-state index in [9.17, 15) is 9.59 Å². The van der Waals surface area contributed by atoms with Gasteiger partial charge in [0.2, 0.25) is 11.9 Å². The molecule has 0 saturated heterocycles. The Labute approximate surface area is 136 Å². The molecule has 2 saturated carbocycles. The summed E-state index contributed by atoms with van der Waals surface area (Å²) < 4.78 is 0. The van der Waals surface area contributed by atoms with Crippen LogP contribution in [0, 0.1) is 22.7 Å². The van der Waals surface area contributed by atoms with Gasteiger partial charge in [0, 0.05) is 18.5 Å². The van der Waals surface area contributed by atoms with Crippen LogP contribution in [0.3, 0.4) is 0 Å². The van der Waals surface area contributed by atoms with Gasteiger partial charge in [0.05, 0.1) is 11.3 Å². The van der Waals surface area contributed by atoms with Crippen LogP contribution in [0.4, 0.5) is 5.95 Å². The van der Waals surface area contributed by atoms with Crippen molar-refractivity contribution >= 4 is 17.6 Å². The highest BCUT2D eigenvalue weighted by Crippen LogP contribution is 2.65. The monoisotopic (exact) mass is 313 g/mol. The van der Waals surface area contributed by atoms with Gasteiger partial charge in [0.25, 0.3) is 0 Å². The van der Waals surface area contributed by atoms with Crippen molar-refractivity contribution in [2.24, 2.45) is 22.7 Å². The Balaban J connectivity index is 1.50. The first-order valence-corrected chi connectivity index (χ1v) is 8.48. The fraction of sp³-hybridized carbons (Fsp3) is 0.667. The lowest BCUT2D eigenvalue weighted by molar-refractivity contribution is -0.118. The zero-order valence-electron chi connectivity index (χ0n) is 14.0. The number of hydrogen-bond donors (Lipinski definition) is 1. The van der Waals surface area contributed by atoms with Gasteiger partial charge in [0.15, 0.2) is 5.78 Å². The molecule has 122 valence electrons. The molecule has 0 radical (unpaired) electrons. The van der Waals surface area contributed by atoms with Gasteiger partial charge >= 0.3 is 0 Å². The summed E-state index contributed by atoms with van der Waals surface area (Å²) in [5.41, 5.74) is 1.48. The number of ketones is 1. The molecule has 4 rings (SSSR count). The summed E-state index contributed by atoms with van der Waals surface area (Å²) in [5.74, 6) is 1.27. The van der Waals surface area contributed by atoms with Crippen molar-refractivity contribution in [2.45, 2.75) is 52.9 Å². The SMILES string of the molecule is CC1(C)CC(=O)c2cnc(NC(=O)[C@@H]3C[C@]3(C)C3CC3)nc2C1. The second kappa shape index (κ2) is 4.62. The second-order valence-electron chi connectivity index (χ2n) is 8.52. The summed E-state index contributed by atoms with van der Waals surface area (Å²) in [6.45, 7) is 6.35. The molecule has 5 nitrogen and oxygen atoms in total. The molecule has 2 atom stereocenters. The summed E-state index contributed by atoms with van der Waals surface area (Å²) in [6.07, 6.45) is 6.32. The van der Waals surface area contributed by atoms with Crippen LogP contribution in [0.2, 0.25) is 0 Å². The average Bonchev–Trinajstić information content (AvgIpc) is 3.30. The van der Waals surface area contributed by atoms with E-state index >= 15 is 0 Å². The summed E-state index contributed by atoms with van der Waals surface area (Å²) in [5, 5.41) is 2.86. The van der Waals surface area contributed by atoms with Gasteiger partial charge in [-0.3, -0.25) is 14.9 Å². The number of aromatic nitrogens is 2. The lowest BCUT2D eigenvalue weighted by atomic mass is 9.76. The maximum atomic E-state index is 12.4. The molecular weight excluding hydrogens is 290 g/mol. The van der Waals surface area contributed by atoms with E-state index in [1.54, 1.807) is 6.20 Å². The van der Waals surface area contributed by atoms with Gasteiger partial charge in [0.1, 0.15) is 0 Å². The van der Waals surface area contributed by atoms with Gasteiger partial charge in [-0.1, -0.05) is 20.8 Å². The van der Waals surface area contributed by atoms with Crippen LogP contribution < -0.4 is 5.32 Å².